The number of aryl methyl sites for hydroxylation is 1. The maximum atomic E-state index is 14.3. The Morgan fingerprint density at radius 1 is 1.03 bits per heavy atom. The number of benzene rings is 3. The lowest BCUT2D eigenvalue weighted by molar-refractivity contribution is -0.121. The molecule has 1 amide bonds. The zero-order valence-corrected chi connectivity index (χ0v) is 18.8. The highest BCUT2D eigenvalue weighted by atomic mass is 32.2. The molecule has 1 aliphatic heterocycles. The average Bonchev–Trinajstić information content (AvgIpc) is 3.27. The number of nitrogens with zero attached hydrogens (tertiary/aromatic N) is 1. The fourth-order valence-electron chi connectivity index (χ4n) is 3.37. The Kier molecular flexibility index (Phi) is 6.62. The molecular formula is C24H23FN2O5S. The van der Waals surface area contributed by atoms with Crippen molar-refractivity contribution in [2.45, 2.75) is 24.9 Å². The minimum atomic E-state index is -4.05. The fourth-order valence-corrected chi connectivity index (χ4v) is 4.74. The second kappa shape index (κ2) is 9.60. The lowest BCUT2D eigenvalue weighted by atomic mass is 10.2. The molecule has 0 unspecified atom stereocenters. The van der Waals surface area contributed by atoms with Gasteiger partial charge in [-0.2, -0.15) is 4.31 Å². The van der Waals surface area contributed by atoms with Crippen LogP contribution in [0.5, 0.6) is 11.5 Å². The molecule has 0 aromatic heterocycles. The molecule has 1 heterocycles. The van der Waals surface area contributed by atoms with E-state index < -0.39 is 28.3 Å². The van der Waals surface area contributed by atoms with E-state index in [9.17, 15) is 17.6 Å². The van der Waals surface area contributed by atoms with Crippen LogP contribution in [0.1, 0.15) is 16.7 Å². The van der Waals surface area contributed by atoms with Gasteiger partial charge in [0.05, 0.1) is 11.4 Å². The fraction of sp³-hybridized carbons (Fsp3) is 0.208. The highest BCUT2D eigenvalue weighted by molar-refractivity contribution is 7.89. The number of carbonyl (C=O) groups excluding carboxylic acids is 1. The number of ether oxygens (including phenoxy) is 2. The Hall–Kier alpha value is -3.43. The second-order valence-corrected chi connectivity index (χ2v) is 9.58. The molecule has 1 N–H and O–H groups in total. The molecule has 3 aromatic rings. The van der Waals surface area contributed by atoms with Crippen molar-refractivity contribution in [1.82, 2.24) is 9.62 Å². The molecule has 0 atom stereocenters. The SMILES string of the molecule is Cc1ccc(S(=O)(=O)N(CC(=O)NCc2ccc3c(c2)OCO3)Cc2ccccc2F)cc1. The van der Waals surface area contributed by atoms with Gasteiger partial charge in [0.15, 0.2) is 11.5 Å². The van der Waals surface area contributed by atoms with E-state index in [1.54, 1.807) is 36.4 Å². The summed E-state index contributed by atoms with van der Waals surface area (Å²) in [4.78, 5) is 12.7. The summed E-state index contributed by atoms with van der Waals surface area (Å²) in [6, 6.07) is 17.5. The molecule has 4 rings (SSSR count). The van der Waals surface area contributed by atoms with Gasteiger partial charge in [0.1, 0.15) is 5.82 Å². The number of amides is 1. The van der Waals surface area contributed by atoms with Crippen LogP contribution < -0.4 is 14.8 Å². The summed E-state index contributed by atoms with van der Waals surface area (Å²) in [5.41, 5.74) is 1.85. The molecule has 0 saturated heterocycles. The molecule has 0 radical (unpaired) electrons. The molecular weight excluding hydrogens is 447 g/mol. The molecule has 0 spiro atoms. The summed E-state index contributed by atoms with van der Waals surface area (Å²) in [6.07, 6.45) is 0. The van der Waals surface area contributed by atoms with Gasteiger partial charge >= 0.3 is 0 Å². The monoisotopic (exact) mass is 470 g/mol. The van der Waals surface area contributed by atoms with E-state index in [0.717, 1.165) is 15.4 Å². The number of rotatable bonds is 8. The Labute approximate surface area is 191 Å². The van der Waals surface area contributed by atoms with Gasteiger partial charge in [-0.05, 0) is 42.8 Å². The second-order valence-electron chi connectivity index (χ2n) is 7.64. The van der Waals surface area contributed by atoms with Crippen molar-refractivity contribution in [3.63, 3.8) is 0 Å². The van der Waals surface area contributed by atoms with Crippen molar-refractivity contribution < 1.29 is 27.1 Å². The van der Waals surface area contributed by atoms with Crippen LogP contribution in [0, 0.1) is 12.7 Å². The third-order valence-corrected chi connectivity index (χ3v) is 7.02. The Balaban J connectivity index is 1.51. The van der Waals surface area contributed by atoms with Gasteiger partial charge in [0.2, 0.25) is 22.7 Å². The Bertz CT molecular complexity index is 1260. The summed E-state index contributed by atoms with van der Waals surface area (Å²) in [5, 5.41) is 2.72. The minimum absolute atomic E-state index is 0.0352. The molecule has 1 aliphatic rings. The van der Waals surface area contributed by atoms with Crippen LogP contribution in [0.2, 0.25) is 0 Å². The van der Waals surface area contributed by atoms with E-state index in [1.165, 1.54) is 30.3 Å². The topological polar surface area (TPSA) is 84.9 Å². The first-order valence-electron chi connectivity index (χ1n) is 10.3. The summed E-state index contributed by atoms with van der Waals surface area (Å²) in [7, 11) is -4.05. The molecule has 0 aliphatic carbocycles. The molecule has 9 heteroatoms. The number of fused-ring (bicyclic) bond motifs is 1. The summed E-state index contributed by atoms with van der Waals surface area (Å²) < 4.78 is 52.4. The quantitative estimate of drug-likeness (QED) is 0.546. The van der Waals surface area contributed by atoms with Crippen LogP contribution in [-0.2, 0) is 27.9 Å². The smallest absolute Gasteiger partial charge is 0.243 e. The summed E-state index contributed by atoms with van der Waals surface area (Å²) in [5.74, 6) is 0.164. The van der Waals surface area contributed by atoms with Crippen LogP contribution in [0.25, 0.3) is 0 Å². The van der Waals surface area contributed by atoms with E-state index in [0.29, 0.717) is 11.5 Å². The van der Waals surface area contributed by atoms with Gasteiger partial charge in [-0.3, -0.25) is 4.79 Å². The van der Waals surface area contributed by atoms with E-state index in [-0.39, 0.29) is 30.3 Å². The first-order valence-corrected chi connectivity index (χ1v) is 11.7. The third kappa shape index (κ3) is 5.32. The van der Waals surface area contributed by atoms with Crippen LogP contribution in [-0.4, -0.2) is 32.0 Å². The summed E-state index contributed by atoms with van der Waals surface area (Å²) in [6.45, 7) is 1.42. The minimum Gasteiger partial charge on any atom is -0.454 e. The largest absolute Gasteiger partial charge is 0.454 e. The zero-order chi connectivity index (χ0) is 23.4. The number of hydrogen-bond donors (Lipinski definition) is 1. The van der Waals surface area contributed by atoms with Crippen LogP contribution in [0.15, 0.2) is 71.6 Å². The number of carbonyl (C=O) groups is 1. The van der Waals surface area contributed by atoms with Crippen molar-refractivity contribution in [2.24, 2.45) is 0 Å². The van der Waals surface area contributed by atoms with Gasteiger partial charge in [-0.25, -0.2) is 12.8 Å². The predicted octanol–water partition coefficient (Wildman–Crippen LogP) is 3.37. The van der Waals surface area contributed by atoms with Crippen molar-refractivity contribution in [3.8, 4) is 11.5 Å². The number of halogens is 1. The van der Waals surface area contributed by atoms with Crippen molar-refractivity contribution in [1.29, 1.82) is 0 Å². The van der Waals surface area contributed by atoms with Gasteiger partial charge in [-0.15, -0.1) is 0 Å². The maximum Gasteiger partial charge on any atom is 0.243 e. The van der Waals surface area contributed by atoms with E-state index in [4.69, 9.17) is 9.47 Å². The van der Waals surface area contributed by atoms with Gasteiger partial charge in [0, 0.05) is 18.7 Å². The van der Waals surface area contributed by atoms with Crippen molar-refractivity contribution in [2.75, 3.05) is 13.3 Å². The van der Waals surface area contributed by atoms with Gasteiger partial charge in [0.25, 0.3) is 0 Å². The van der Waals surface area contributed by atoms with Crippen LogP contribution in [0.4, 0.5) is 4.39 Å². The standard InChI is InChI=1S/C24H23FN2O5S/c1-17-6-9-20(10-7-17)33(29,30)27(14-19-4-2-3-5-21(19)25)15-24(28)26-13-18-8-11-22-23(12-18)32-16-31-22/h2-12H,13-16H2,1H3,(H,26,28). The first-order chi connectivity index (χ1) is 15.8. The Morgan fingerprint density at radius 3 is 2.52 bits per heavy atom. The highest BCUT2D eigenvalue weighted by Gasteiger charge is 2.27. The van der Waals surface area contributed by atoms with E-state index in [2.05, 4.69) is 5.32 Å². The Morgan fingerprint density at radius 2 is 1.76 bits per heavy atom. The lowest BCUT2D eigenvalue weighted by Gasteiger charge is -2.22. The normalized spacial score (nSPS) is 12.7. The molecule has 7 nitrogen and oxygen atoms in total. The van der Waals surface area contributed by atoms with Crippen LogP contribution in [0.3, 0.4) is 0 Å². The predicted molar refractivity (Wildman–Crippen MR) is 120 cm³/mol. The number of nitrogens with one attached hydrogen (secondary N) is 1. The van der Waals surface area contributed by atoms with Crippen molar-refractivity contribution in [3.05, 3.63) is 89.2 Å². The third-order valence-electron chi connectivity index (χ3n) is 5.21. The van der Waals surface area contributed by atoms with E-state index in [1.807, 2.05) is 6.92 Å². The number of hydrogen-bond acceptors (Lipinski definition) is 5. The number of sulfonamides is 1. The molecule has 0 fully saturated rings. The van der Waals surface area contributed by atoms with Crippen LogP contribution >= 0.6 is 0 Å². The molecule has 0 saturated carbocycles. The maximum absolute atomic E-state index is 14.3. The zero-order valence-electron chi connectivity index (χ0n) is 18.0. The molecule has 0 bridgehead atoms. The molecule has 33 heavy (non-hydrogen) atoms. The molecule has 172 valence electrons. The molecule has 3 aromatic carbocycles. The summed E-state index contributed by atoms with van der Waals surface area (Å²) >= 11 is 0. The van der Waals surface area contributed by atoms with Gasteiger partial charge in [-0.1, -0.05) is 42.0 Å². The van der Waals surface area contributed by atoms with E-state index >= 15 is 0 Å². The highest BCUT2D eigenvalue weighted by Crippen LogP contribution is 2.32. The average molecular weight is 471 g/mol. The first kappa shape index (κ1) is 22.8. The lowest BCUT2D eigenvalue weighted by Crippen LogP contribution is -2.40. The van der Waals surface area contributed by atoms with Crippen molar-refractivity contribution >= 4 is 15.9 Å². The van der Waals surface area contributed by atoms with Gasteiger partial charge < -0.3 is 14.8 Å².